The zero-order valence-corrected chi connectivity index (χ0v) is 19.6. The van der Waals surface area contributed by atoms with Gasteiger partial charge >= 0.3 is 0 Å². The van der Waals surface area contributed by atoms with Crippen molar-refractivity contribution >= 4 is 27.6 Å². The molecule has 0 amide bonds. The molecule has 3 heterocycles. The Bertz CT molecular complexity index is 1170. The number of rotatable bonds is 10. The lowest BCUT2D eigenvalue weighted by Crippen LogP contribution is -2.34. The second-order valence-corrected chi connectivity index (χ2v) is 10.2. The molecule has 1 aliphatic carbocycles. The standard InChI is InChI=1S/C19H25ClN8O3S/c1-4-7-31-16(17-21-9-14(20)10-22-17)12(2)32(29,30)26-19-25-24-18(28(19)15-5-6-15)13-8-23-27(3)11-13/h8-12,15-16H,4-7H2,1-3H3,(H,25,26)/t12-,16+/m0/s1. The number of hydrogen-bond acceptors (Lipinski definition) is 8. The average Bonchev–Trinajstić information content (AvgIpc) is 3.38. The van der Waals surface area contributed by atoms with E-state index in [1.54, 1.807) is 17.8 Å². The van der Waals surface area contributed by atoms with Gasteiger partial charge in [0.15, 0.2) is 11.6 Å². The van der Waals surface area contributed by atoms with Gasteiger partial charge in [0.25, 0.3) is 0 Å². The Morgan fingerprint density at radius 1 is 1.25 bits per heavy atom. The Morgan fingerprint density at radius 3 is 2.56 bits per heavy atom. The van der Waals surface area contributed by atoms with Crippen molar-refractivity contribution in [1.82, 2.24) is 34.5 Å². The van der Waals surface area contributed by atoms with Gasteiger partial charge in [-0.05, 0) is 26.2 Å². The number of hydrogen-bond donors (Lipinski definition) is 1. The molecule has 1 N–H and O–H groups in total. The molecule has 4 rings (SSSR count). The van der Waals surface area contributed by atoms with Crippen LogP contribution in [0.2, 0.25) is 5.02 Å². The Morgan fingerprint density at radius 2 is 1.97 bits per heavy atom. The van der Waals surface area contributed by atoms with E-state index in [9.17, 15) is 8.42 Å². The smallest absolute Gasteiger partial charge is 0.240 e. The van der Waals surface area contributed by atoms with Crippen LogP contribution in [0.3, 0.4) is 0 Å². The maximum absolute atomic E-state index is 13.3. The molecule has 1 fully saturated rings. The first-order valence-electron chi connectivity index (χ1n) is 10.3. The molecule has 1 saturated carbocycles. The van der Waals surface area contributed by atoms with Crippen molar-refractivity contribution in [3.05, 3.63) is 35.6 Å². The summed E-state index contributed by atoms with van der Waals surface area (Å²) in [5.74, 6) is 0.996. The number of ether oxygens (including phenoxy) is 1. The Hall–Kier alpha value is -2.57. The van der Waals surface area contributed by atoms with E-state index < -0.39 is 21.4 Å². The summed E-state index contributed by atoms with van der Waals surface area (Å²) in [6, 6.07) is 0.139. The van der Waals surface area contributed by atoms with Crippen LogP contribution >= 0.6 is 11.6 Å². The van der Waals surface area contributed by atoms with Crippen LogP contribution in [0.25, 0.3) is 11.4 Å². The van der Waals surface area contributed by atoms with Crippen molar-refractivity contribution in [3.8, 4) is 11.4 Å². The molecular formula is C19H25ClN8O3S. The SMILES string of the molecule is CCCO[C@@H](c1ncc(Cl)cn1)[C@H](C)S(=O)(=O)Nc1nnc(-c2cnn(C)c2)n1C1CC1. The first kappa shape index (κ1) is 22.6. The summed E-state index contributed by atoms with van der Waals surface area (Å²) in [6.07, 6.45) is 8.03. The van der Waals surface area contributed by atoms with Crippen molar-refractivity contribution in [2.24, 2.45) is 7.05 Å². The van der Waals surface area contributed by atoms with Crippen LogP contribution < -0.4 is 4.72 Å². The third kappa shape index (κ3) is 4.76. The summed E-state index contributed by atoms with van der Waals surface area (Å²) in [6.45, 7) is 3.86. The molecule has 1 aliphatic rings. The van der Waals surface area contributed by atoms with Gasteiger partial charge in [-0.2, -0.15) is 5.10 Å². The largest absolute Gasteiger partial charge is 0.369 e. The van der Waals surface area contributed by atoms with E-state index in [4.69, 9.17) is 16.3 Å². The molecule has 13 heteroatoms. The zero-order chi connectivity index (χ0) is 22.9. The average molecular weight is 481 g/mol. The minimum atomic E-state index is -3.93. The predicted molar refractivity (Wildman–Crippen MR) is 119 cm³/mol. The number of aromatic nitrogens is 7. The van der Waals surface area contributed by atoms with Crippen LogP contribution in [0.15, 0.2) is 24.8 Å². The van der Waals surface area contributed by atoms with Crippen LogP contribution in [-0.2, 0) is 21.8 Å². The fraction of sp³-hybridized carbons (Fsp3) is 0.526. The Balaban J connectivity index is 1.63. The molecule has 0 unspecified atom stereocenters. The van der Waals surface area contributed by atoms with Gasteiger partial charge < -0.3 is 4.74 Å². The monoisotopic (exact) mass is 480 g/mol. The van der Waals surface area contributed by atoms with Crippen molar-refractivity contribution < 1.29 is 13.2 Å². The molecular weight excluding hydrogens is 456 g/mol. The summed E-state index contributed by atoms with van der Waals surface area (Å²) in [5.41, 5.74) is 0.768. The molecule has 3 aromatic rings. The molecule has 0 radical (unpaired) electrons. The Labute approximate surface area is 191 Å². The van der Waals surface area contributed by atoms with E-state index in [0.717, 1.165) is 24.8 Å². The summed E-state index contributed by atoms with van der Waals surface area (Å²) < 4.78 is 38.6. The normalized spacial score (nSPS) is 16.1. The topological polar surface area (TPSA) is 130 Å². The first-order chi connectivity index (χ1) is 15.3. The number of anilines is 1. The van der Waals surface area contributed by atoms with Gasteiger partial charge in [-0.1, -0.05) is 18.5 Å². The van der Waals surface area contributed by atoms with E-state index in [0.29, 0.717) is 17.5 Å². The second-order valence-electron chi connectivity index (χ2n) is 7.75. The molecule has 11 nitrogen and oxygen atoms in total. The van der Waals surface area contributed by atoms with Crippen molar-refractivity contribution in [2.75, 3.05) is 11.3 Å². The summed E-state index contributed by atoms with van der Waals surface area (Å²) in [5, 5.41) is 11.9. The number of halogens is 1. The van der Waals surface area contributed by atoms with Crippen LogP contribution in [0, 0.1) is 0 Å². The third-order valence-electron chi connectivity index (χ3n) is 5.12. The molecule has 2 atom stereocenters. The maximum Gasteiger partial charge on any atom is 0.240 e. The predicted octanol–water partition coefficient (Wildman–Crippen LogP) is 2.76. The maximum atomic E-state index is 13.3. The number of nitrogens with one attached hydrogen (secondary N) is 1. The van der Waals surface area contributed by atoms with Gasteiger partial charge in [-0.15, -0.1) is 10.2 Å². The first-order valence-corrected chi connectivity index (χ1v) is 12.3. The van der Waals surface area contributed by atoms with E-state index in [-0.39, 0.29) is 17.8 Å². The molecule has 0 aliphatic heterocycles. The number of aryl methyl sites for hydroxylation is 1. The van der Waals surface area contributed by atoms with E-state index in [1.165, 1.54) is 12.4 Å². The van der Waals surface area contributed by atoms with Crippen molar-refractivity contribution in [2.45, 2.75) is 50.5 Å². The lowest BCUT2D eigenvalue weighted by molar-refractivity contribution is 0.0466. The van der Waals surface area contributed by atoms with Gasteiger partial charge in [-0.25, -0.2) is 18.4 Å². The summed E-state index contributed by atoms with van der Waals surface area (Å²) in [7, 11) is -2.12. The number of nitrogens with zero attached hydrogens (tertiary/aromatic N) is 7. The van der Waals surface area contributed by atoms with E-state index in [2.05, 4.69) is 30.0 Å². The van der Waals surface area contributed by atoms with Crippen molar-refractivity contribution in [1.29, 1.82) is 0 Å². The van der Waals surface area contributed by atoms with Gasteiger partial charge in [0, 0.05) is 38.3 Å². The van der Waals surface area contributed by atoms with Gasteiger partial charge in [0.1, 0.15) is 11.4 Å². The minimum Gasteiger partial charge on any atom is -0.369 e. The van der Waals surface area contributed by atoms with Crippen LogP contribution in [0.4, 0.5) is 5.95 Å². The lowest BCUT2D eigenvalue weighted by Gasteiger charge is -2.23. The molecule has 172 valence electrons. The molecule has 0 saturated heterocycles. The lowest BCUT2D eigenvalue weighted by atomic mass is 10.2. The molecule has 3 aromatic heterocycles. The quantitative estimate of drug-likeness (QED) is 0.468. The van der Waals surface area contributed by atoms with E-state index in [1.807, 2.05) is 24.7 Å². The Kier molecular flexibility index (Phi) is 6.45. The van der Waals surface area contributed by atoms with Gasteiger partial charge in [-0.3, -0.25) is 14.0 Å². The fourth-order valence-electron chi connectivity index (χ4n) is 3.29. The third-order valence-corrected chi connectivity index (χ3v) is 7.00. The summed E-state index contributed by atoms with van der Waals surface area (Å²) in [4.78, 5) is 8.34. The summed E-state index contributed by atoms with van der Waals surface area (Å²) >= 11 is 5.88. The minimum absolute atomic E-state index is 0.139. The van der Waals surface area contributed by atoms with Crippen LogP contribution in [-0.4, -0.2) is 54.8 Å². The second kappa shape index (κ2) is 9.12. The highest BCUT2D eigenvalue weighted by Gasteiger charge is 2.37. The zero-order valence-electron chi connectivity index (χ0n) is 18.0. The highest BCUT2D eigenvalue weighted by Crippen LogP contribution is 2.40. The van der Waals surface area contributed by atoms with Crippen molar-refractivity contribution in [3.63, 3.8) is 0 Å². The fourth-order valence-corrected chi connectivity index (χ4v) is 4.49. The van der Waals surface area contributed by atoms with Crippen LogP contribution in [0.1, 0.15) is 51.1 Å². The van der Waals surface area contributed by atoms with Crippen LogP contribution in [0.5, 0.6) is 0 Å². The number of sulfonamides is 1. The molecule has 32 heavy (non-hydrogen) atoms. The highest BCUT2D eigenvalue weighted by molar-refractivity contribution is 7.93. The van der Waals surface area contributed by atoms with Gasteiger partial charge in [0.2, 0.25) is 16.0 Å². The molecule has 0 bridgehead atoms. The van der Waals surface area contributed by atoms with Gasteiger partial charge in [0.05, 0.1) is 16.8 Å². The molecule has 0 aromatic carbocycles. The highest BCUT2D eigenvalue weighted by atomic mass is 35.5. The molecule has 0 spiro atoms. The van der Waals surface area contributed by atoms with E-state index >= 15 is 0 Å².